The second-order valence-electron chi connectivity index (χ2n) is 6.93. The Morgan fingerprint density at radius 3 is 2.50 bits per heavy atom. The van der Waals surface area contributed by atoms with E-state index in [1.54, 1.807) is 4.57 Å². The average molecular weight is 428 g/mol. The molecule has 0 fully saturated rings. The van der Waals surface area contributed by atoms with E-state index in [2.05, 4.69) is 20.2 Å². The van der Waals surface area contributed by atoms with Crippen LogP contribution < -0.4 is 5.73 Å². The quantitative estimate of drug-likeness (QED) is 0.511. The number of alkyl halides is 3. The molecule has 6 nitrogen and oxygen atoms in total. The summed E-state index contributed by atoms with van der Waals surface area (Å²) in [5.74, 6) is -4.14. The lowest BCUT2D eigenvalue weighted by Crippen LogP contribution is -2.28. The van der Waals surface area contributed by atoms with Gasteiger partial charge in [-0.05, 0) is 24.5 Å². The van der Waals surface area contributed by atoms with Crippen LogP contribution in [0.25, 0.3) is 11.5 Å². The van der Waals surface area contributed by atoms with Crippen molar-refractivity contribution >= 4 is 0 Å². The highest BCUT2D eigenvalue weighted by molar-refractivity contribution is 5.56. The molecular formula is C18H14F6N6. The molecule has 2 aromatic heterocycles. The van der Waals surface area contributed by atoms with E-state index in [1.807, 2.05) is 0 Å². The standard InChI is InChI=1S/C18H14F6N6/c19-11-6-13(21)12(20)4-9(11)3-10(25)5-14-28-29-16-15-8(1-2-30(14)16)7-26-17(27-15)18(22,23)24/h4,6-7,10H,1-3,5,25H2/t10-/m1/s1. The van der Waals surface area contributed by atoms with Gasteiger partial charge >= 0.3 is 6.18 Å². The largest absolute Gasteiger partial charge is 0.451 e. The Morgan fingerprint density at radius 2 is 1.77 bits per heavy atom. The van der Waals surface area contributed by atoms with E-state index in [4.69, 9.17) is 5.73 Å². The van der Waals surface area contributed by atoms with Gasteiger partial charge in [-0.3, -0.25) is 0 Å². The normalized spacial score (nSPS) is 14.4. The maximum atomic E-state index is 13.8. The van der Waals surface area contributed by atoms with Crippen molar-refractivity contribution in [2.75, 3.05) is 0 Å². The summed E-state index contributed by atoms with van der Waals surface area (Å²) in [5, 5.41) is 7.93. The number of halogens is 6. The molecule has 0 spiro atoms. The predicted octanol–water partition coefficient (Wildman–Crippen LogP) is 2.84. The van der Waals surface area contributed by atoms with Gasteiger partial charge in [0.2, 0.25) is 5.82 Å². The zero-order chi connectivity index (χ0) is 21.6. The van der Waals surface area contributed by atoms with E-state index in [0.29, 0.717) is 30.4 Å². The van der Waals surface area contributed by atoms with E-state index in [1.165, 1.54) is 0 Å². The van der Waals surface area contributed by atoms with Crippen molar-refractivity contribution in [3.8, 4) is 11.5 Å². The summed E-state index contributed by atoms with van der Waals surface area (Å²) in [6.45, 7) is 0.381. The molecule has 158 valence electrons. The number of rotatable bonds is 4. The predicted molar refractivity (Wildman–Crippen MR) is 91.5 cm³/mol. The van der Waals surface area contributed by atoms with Gasteiger partial charge in [0.25, 0.3) is 0 Å². The lowest BCUT2D eigenvalue weighted by Gasteiger charge is -2.19. The van der Waals surface area contributed by atoms with Gasteiger partial charge in [-0.1, -0.05) is 0 Å². The second kappa shape index (κ2) is 7.35. The van der Waals surface area contributed by atoms with Crippen LogP contribution in [-0.2, 0) is 32.0 Å². The highest BCUT2D eigenvalue weighted by Gasteiger charge is 2.36. The highest BCUT2D eigenvalue weighted by Crippen LogP contribution is 2.31. The third-order valence-corrected chi connectivity index (χ3v) is 4.78. The van der Waals surface area contributed by atoms with Gasteiger partial charge in [0.1, 0.15) is 17.3 Å². The Hall–Kier alpha value is -3.02. The summed E-state index contributed by atoms with van der Waals surface area (Å²) in [5.41, 5.74) is 6.49. The fourth-order valence-corrected chi connectivity index (χ4v) is 3.36. The molecule has 0 saturated carbocycles. The first-order chi connectivity index (χ1) is 14.1. The van der Waals surface area contributed by atoms with Crippen LogP contribution in [0.15, 0.2) is 18.3 Å². The molecule has 1 aromatic carbocycles. The number of benzene rings is 1. The van der Waals surface area contributed by atoms with Crippen LogP contribution in [0, 0.1) is 17.5 Å². The topological polar surface area (TPSA) is 82.5 Å². The molecule has 0 saturated heterocycles. The Balaban J connectivity index is 1.58. The Bertz CT molecular complexity index is 1110. The number of aryl methyl sites for hydroxylation is 1. The van der Waals surface area contributed by atoms with Crippen LogP contribution in [0.2, 0.25) is 0 Å². The third kappa shape index (κ3) is 3.74. The van der Waals surface area contributed by atoms with Gasteiger partial charge in [0.05, 0.1) is 0 Å². The first-order valence-corrected chi connectivity index (χ1v) is 8.88. The van der Waals surface area contributed by atoms with Crippen molar-refractivity contribution in [2.45, 2.75) is 38.0 Å². The first-order valence-electron chi connectivity index (χ1n) is 8.88. The van der Waals surface area contributed by atoms with Crippen molar-refractivity contribution < 1.29 is 26.3 Å². The smallest absolute Gasteiger partial charge is 0.327 e. The summed E-state index contributed by atoms with van der Waals surface area (Å²) in [6.07, 6.45) is -3.20. The summed E-state index contributed by atoms with van der Waals surface area (Å²) in [4.78, 5) is 6.95. The van der Waals surface area contributed by atoms with E-state index in [0.717, 1.165) is 12.3 Å². The van der Waals surface area contributed by atoms with E-state index < -0.39 is 35.5 Å². The van der Waals surface area contributed by atoms with E-state index in [9.17, 15) is 26.3 Å². The number of hydrogen-bond donors (Lipinski definition) is 1. The second-order valence-corrected chi connectivity index (χ2v) is 6.93. The minimum absolute atomic E-state index is 0.0440. The molecule has 1 aliphatic rings. The number of aromatic nitrogens is 5. The Kier molecular flexibility index (Phi) is 4.96. The Labute approximate surface area is 165 Å². The fraction of sp³-hybridized carbons (Fsp3) is 0.333. The Morgan fingerprint density at radius 1 is 1.03 bits per heavy atom. The average Bonchev–Trinajstić information content (AvgIpc) is 3.08. The zero-order valence-corrected chi connectivity index (χ0v) is 15.2. The maximum Gasteiger partial charge on any atom is 0.451 e. The number of fused-ring (bicyclic) bond motifs is 3. The summed E-state index contributed by atoms with van der Waals surface area (Å²) in [7, 11) is 0. The van der Waals surface area contributed by atoms with E-state index in [-0.39, 0.29) is 29.9 Å². The zero-order valence-electron chi connectivity index (χ0n) is 15.2. The van der Waals surface area contributed by atoms with Crippen molar-refractivity contribution in [3.63, 3.8) is 0 Å². The molecule has 1 aliphatic heterocycles. The SMILES string of the molecule is N[C@H](Cc1cc(F)c(F)cc1F)Cc1nnc2n1CCc1cnc(C(F)(F)F)nc1-2. The first kappa shape index (κ1) is 20.3. The molecular weight excluding hydrogens is 414 g/mol. The number of hydrogen-bond acceptors (Lipinski definition) is 5. The molecule has 12 heteroatoms. The molecule has 4 rings (SSSR count). The number of nitrogens with two attached hydrogens (primary N) is 1. The molecule has 0 radical (unpaired) electrons. The lowest BCUT2D eigenvalue weighted by molar-refractivity contribution is -0.144. The molecule has 0 amide bonds. The van der Waals surface area contributed by atoms with Crippen LogP contribution in [0.4, 0.5) is 26.3 Å². The van der Waals surface area contributed by atoms with Crippen LogP contribution in [-0.4, -0.2) is 30.8 Å². The monoisotopic (exact) mass is 428 g/mol. The van der Waals surface area contributed by atoms with Crippen LogP contribution in [0.3, 0.4) is 0 Å². The number of nitrogens with zero attached hydrogens (tertiary/aromatic N) is 5. The fourth-order valence-electron chi connectivity index (χ4n) is 3.36. The van der Waals surface area contributed by atoms with Crippen LogP contribution in [0.5, 0.6) is 0 Å². The molecule has 0 aliphatic carbocycles. The molecule has 30 heavy (non-hydrogen) atoms. The van der Waals surface area contributed by atoms with Gasteiger partial charge in [-0.25, -0.2) is 23.1 Å². The van der Waals surface area contributed by atoms with Gasteiger partial charge in [0, 0.05) is 36.8 Å². The van der Waals surface area contributed by atoms with Gasteiger partial charge in [-0.15, -0.1) is 10.2 Å². The molecule has 0 bridgehead atoms. The van der Waals surface area contributed by atoms with Crippen molar-refractivity contribution in [1.29, 1.82) is 0 Å². The highest BCUT2D eigenvalue weighted by atomic mass is 19.4. The molecule has 1 atom stereocenters. The summed E-state index contributed by atoms with van der Waals surface area (Å²) < 4.78 is 80.7. The van der Waals surface area contributed by atoms with Crippen LogP contribution >= 0.6 is 0 Å². The van der Waals surface area contributed by atoms with Crippen molar-refractivity contribution in [3.05, 3.63) is 58.6 Å². The summed E-state index contributed by atoms with van der Waals surface area (Å²) >= 11 is 0. The maximum absolute atomic E-state index is 13.8. The minimum atomic E-state index is -4.70. The molecule has 3 heterocycles. The summed E-state index contributed by atoms with van der Waals surface area (Å²) in [6, 6.07) is 0.482. The van der Waals surface area contributed by atoms with Crippen molar-refractivity contribution in [1.82, 2.24) is 24.7 Å². The van der Waals surface area contributed by atoms with Crippen molar-refractivity contribution in [2.24, 2.45) is 5.73 Å². The molecule has 3 aromatic rings. The minimum Gasteiger partial charge on any atom is -0.327 e. The van der Waals surface area contributed by atoms with E-state index >= 15 is 0 Å². The van der Waals surface area contributed by atoms with Gasteiger partial charge in [-0.2, -0.15) is 13.2 Å². The molecule has 2 N–H and O–H groups in total. The van der Waals surface area contributed by atoms with Crippen LogP contribution in [0.1, 0.15) is 22.8 Å². The third-order valence-electron chi connectivity index (χ3n) is 4.78. The lowest BCUT2D eigenvalue weighted by atomic mass is 10.0. The molecule has 0 unspecified atom stereocenters. The van der Waals surface area contributed by atoms with Gasteiger partial charge in [0.15, 0.2) is 17.5 Å². The van der Waals surface area contributed by atoms with Gasteiger partial charge < -0.3 is 10.3 Å².